The van der Waals surface area contributed by atoms with Crippen molar-refractivity contribution in [3.63, 3.8) is 0 Å². The number of aryl methyl sites for hydroxylation is 1. The van der Waals surface area contributed by atoms with Crippen LogP contribution in [0.3, 0.4) is 0 Å². The van der Waals surface area contributed by atoms with Crippen molar-refractivity contribution in [2.75, 3.05) is 17.1 Å². The minimum atomic E-state index is -4.44. The fourth-order valence-corrected chi connectivity index (χ4v) is 3.76. The number of halogens is 3. The predicted octanol–water partition coefficient (Wildman–Crippen LogP) is 3.88. The van der Waals surface area contributed by atoms with Crippen molar-refractivity contribution in [1.29, 1.82) is 0 Å². The molecule has 0 saturated heterocycles. The van der Waals surface area contributed by atoms with E-state index < -0.39 is 21.8 Å². The fraction of sp³-hybridized carbons (Fsp3) is 0.350. The number of rotatable bonds is 8. The molecule has 158 valence electrons. The lowest BCUT2D eigenvalue weighted by molar-refractivity contribution is -0.137. The number of nitrogens with zero attached hydrogens (tertiary/aromatic N) is 1. The lowest BCUT2D eigenvalue weighted by Gasteiger charge is -2.22. The van der Waals surface area contributed by atoms with Crippen molar-refractivity contribution in [3.05, 3.63) is 65.2 Å². The number of carbonyl (C=O) groups is 1. The van der Waals surface area contributed by atoms with Crippen LogP contribution in [0.5, 0.6) is 0 Å². The summed E-state index contributed by atoms with van der Waals surface area (Å²) in [6, 6.07) is 11.8. The maximum Gasteiger partial charge on any atom is 0.416 e. The van der Waals surface area contributed by atoms with E-state index in [1.54, 1.807) is 18.2 Å². The number of alkyl halides is 3. The Morgan fingerprint density at radius 1 is 1.10 bits per heavy atom. The Morgan fingerprint density at radius 3 is 2.41 bits per heavy atom. The molecule has 29 heavy (non-hydrogen) atoms. The summed E-state index contributed by atoms with van der Waals surface area (Å²) in [7, 11) is -3.51. The Bertz CT molecular complexity index is 959. The Hall–Kier alpha value is -2.55. The summed E-state index contributed by atoms with van der Waals surface area (Å²) in [5.41, 5.74) is 1.00. The Balaban J connectivity index is 1.90. The van der Waals surface area contributed by atoms with Gasteiger partial charge in [0, 0.05) is 19.5 Å². The molecule has 1 N–H and O–H groups in total. The molecule has 0 radical (unpaired) electrons. The average molecular weight is 428 g/mol. The van der Waals surface area contributed by atoms with Gasteiger partial charge in [-0.3, -0.25) is 9.10 Å². The van der Waals surface area contributed by atoms with Gasteiger partial charge in [-0.1, -0.05) is 24.3 Å². The van der Waals surface area contributed by atoms with Crippen LogP contribution in [-0.2, 0) is 27.5 Å². The zero-order valence-electron chi connectivity index (χ0n) is 16.2. The molecule has 0 heterocycles. The molecular formula is C20H23F3N2O3S. The molecule has 0 bridgehead atoms. The first kappa shape index (κ1) is 22.7. The molecule has 5 nitrogen and oxygen atoms in total. The zero-order valence-corrected chi connectivity index (χ0v) is 17.0. The van der Waals surface area contributed by atoms with E-state index in [1.165, 1.54) is 16.4 Å². The van der Waals surface area contributed by atoms with Crippen LogP contribution in [0.2, 0.25) is 0 Å². The molecule has 2 aromatic rings. The molecule has 1 amide bonds. The van der Waals surface area contributed by atoms with E-state index in [-0.39, 0.29) is 31.8 Å². The number of sulfonamides is 1. The van der Waals surface area contributed by atoms with Gasteiger partial charge in [0.2, 0.25) is 15.9 Å². The summed E-state index contributed by atoms with van der Waals surface area (Å²) in [6.07, 6.45) is -3.01. The second kappa shape index (κ2) is 9.30. The maximum absolute atomic E-state index is 12.7. The minimum absolute atomic E-state index is 0.0313. The highest BCUT2D eigenvalue weighted by Crippen LogP contribution is 2.29. The SMILES string of the molecule is Cc1cccc(N(CCCC(=O)NCc2cccc(C(F)(F)F)c2)S(C)(=O)=O)c1. The van der Waals surface area contributed by atoms with E-state index in [9.17, 15) is 26.4 Å². The first-order valence-corrected chi connectivity index (χ1v) is 10.8. The molecule has 0 saturated carbocycles. The molecule has 0 atom stereocenters. The van der Waals surface area contributed by atoms with Crippen molar-refractivity contribution in [1.82, 2.24) is 5.32 Å². The number of benzene rings is 2. The van der Waals surface area contributed by atoms with E-state index >= 15 is 0 Å². The second-order valence-corrected chi connectivity index (χ2v) is 8.66. The van der Waals surface area contributed by atoms with E-state index in [0.717, 1.165) is 24.0 Å². The van der Waals surface area contributed by atoms with E-state index in [2.05, 4.69) is 5.32 Å². The van der Waals surface area contributed by atoms with Crippen LogP contribution in [0.25, 0.3) is 0 Å². The largest absolute Gasteiger partial charge is 0.416 e. The minimum Gasteiger partial charge on any atom is -0.352 e. The lowest BCUT2D eigenvalue weighted by Crippen LogP contribution is -2.32. The monoisotopic (exact) mass is 428 g/mol. The summed E-state index contributed by atoms with van der Waals surface area (Å²) >= 11 is 0. The summed E-state index contributed by atoms with van der Waals surface area (Å²) in [5.74, 6) is -0.361. The van der Waals surface area contributed by atoms with Crippen LogP contribution < -0.4 is 9.62 Å². The van der Waals surface area contributed by atoms with Gasteiger partial charge in [0.05, 0.1) is 17.5 Å². The third kappa shape index (κ3) is 7.08. The van der Waals surface area contributed by atoms with Crippen LogP contribution in [-0.4, -0.2) is 27.1 Å². The van der Waals surface area contributed by atoms with Crippen LogP contribution in [0.1, 0.15) is 29.5 Å². The summed E-state index contributed by atoms with van der Waals surface area (Å²) in [4.78, 5) is 12.0. The van der Waals surface area contributed by atoms with Crippen molar-refractivity contribution in [3.8, 4) is 0 Å². The predicted molar refractivity (Wildman–Crippen MR) is 106 cm³/mol. The van der Waals surface area contributed by atoms with Gasteiger partial charge in [-0.15, -0.1) is 0 Å². The molecule has 0 unspecified atom stereocenters. The molecular weight excluding hydrogens is 405 g/mol. The normalized spacial score (nSPS) is 11.9. The van der Waals surface area contributed by atoms with Gasteiger partial charge in [-0.2, -0.15) is 13.2 Å². The standard InChI is InChI=1S/C20H23F3N2O3S/c1-15-6-3-9-18(12-15)25(29(2,27)28)11-5-10-19(26)24-14-16-7-4-8-17(13-16)20(21,22)23/h3-4,6-9,12-13H,5,10-11,14H2,1-2H3,(H,24,26). The second-order valence-electron chi connectivity index (χ2n) is 6.75. The Kier molecular flexibility index (Phi) is 7.29. The number of hydrogen-bond donors (Lipinski definition) is 1. The van der Waals surface area contributed by atoms with Crippen molar-refractivity contribution < 1.29 is 26.4 Å². The molecule has 9 heteroatoms. The first-order valence-electron chi connectivity index (χ1n) is 8.94. The molecule has 2 aromatic carbocycles. The summed E-state index contributed by atoms with van der Waals surface area (Å²) in [6.45, 7) is 1.95. The lowest BCUT2D eigenvalue weighted by atomic mass is 10.1. The van der Waals surface area contributed by atoms with Gasteiger partial charge in [0.1, 0.15) is 0 Å². The Morgan fingerprint density at radius 2 is 1.79 bits per heavy atom. The quantitative estimate of drug-likeness (QED) is 0.694. The van der Waals surface area contributed by atoms with Gasteiger partial charge in [-0.25, -0.2) is 8.42 Å². The van der Waals surface area contributed by atoms with Crippen LogP contribution in [0.15, 0.2) is 48.5 Å². The number of nitrogens with one attached hydrogen (secondary N) is 1. The highest BCUT2D eigenvalue weighted by Gasteiger charge is 2.30. The molecule has 0 fully saturated rings. The topological polar surface area (TPSA) is 66.5 Å². The number of carbonyl (C=O) groups excluding carboxylic acids is 1. The van der Waals surface area contributed by atoms with Gasteiger partial charge < -0.3 is 5.32 Å². The number of anilines is 1. The molecule has 0 spiro atoms. The summed E-state index contributed by atoms with van der Waals surface area (Å²) < 4.78 is 63.6. The fourth-order valence-electron chi connectivity index (χ4n) is 2.80. The smallest absolute Gasteiger partial charge is 0.352 e. The summed E-state index contributed by atoms with van der Waals surface area (Å²) in [5, 5.41) is 2.56. The van der Waals surface area contributed by atoms with Gasteiger partial charge in [-0.05, 0) is 48.7 Å². The highest BCUT2D eigenvalue weighted by molar-refractivity contribution is 7.92. The van der Waals surface area contributed by atoms with E-state index in [0.29, 0.717) is 11.3 Å². The van der Waals surface area contributed by atoms with Gasteiger partial charge in [0.25, 0.3) is 0 Å². The van der Waals surface area contributed by atoms with Crippen molar-refractivity contribution in [2.24, 2.45) is 0 Å². The highest BCUT2D eigenvalue weighted by atomic mass is 32.2. The number of hydrogen-bond acceptors (Lipinski definition) is 3. The van der Waals surface area contributed by atoms with Crippen molar-refractivity contribution >= 4 is 21.6 Å². The van der Waals surface area contributed by atoms with Gasteiger partial charge in [0.15, 0.2) is 0 Å². The molecule has 0 aliphatic rings. The van der Waals surface area contributed by atoms with Crippen molar-refractivity contribution in [2.45, 2.75) is 32.5 Å². The molecule has 0 aliphatic heterocycles. The van der Waals surface area contributed by atoms with Gasteiger partial charge >= 0.3 is 6.18 Å². The molecule has 2 rings (SSSR count). The maximum atomic E-state index is 12.7. The number of amides is 1. The molecule has 0 aliphatic carbocycles. The first-order chi connectivity index (χ1) is 13.5. The molecule has 0 aromatic heterocycles. The van der Waals surface area contributed by atoms with Crippen LogP contribution in [0.4, 0.5) is 18.9 Å². The van der Waals surface area contributed by atoms with E-state index in [4.69, 9.17) is 0 Å². The third-order valence-corrected chi connectivity index (χ3v) is 5.39. The van der Waals surface area contributed by atoms with Crippen LogP contribution in [0, 0.1) is 6.92 Å². The van der Waals surface area contributed by atoms with Crippen LogP contribution >= 0.6 is 0 Å². The average Bonchev–Trinajstić information content (AvgIpc) is 2.62. The zero-order chi connectivity index (χ0) is 21.7. The Labute approximate surface area is 168 Å². The van der Waals surface area contributed by atoms with E-state index in [1.807, 2.05) is 13.0 Å². The third-order valence-electron chi connectivity index (χ3n) is 4.20.